The molecule has 0 bridgehead atoms. The van der Waals surface area contributed by atoms with Crippen molar-refractivity contribution in [1.82, 2.24) is 19.9 Å². The summed E-state index contributed by atoms with van der Waals surface area (Å²) in [6.07, 6.45) is -2.62. The molecule has 180 valence electrons. The Morgan fingerprint density at radius 2 is 1.80 bits per heavy atom. The summed E-state index contributed by atoms with van der Waals surface area (Å²) in [7, 11) is 0. The number of aromatic nitrogens is 3. The number of hydrogen-bond donors (Lipinski definition) is 1. The molecule has 2 N–H and O–H groups in total. The minimum Gasteiger partial charge on any atom is -0.383 e. The molecule has 11 heteroatoms. The van der Waals surface area contributed by atoms with Gasteiger partial charge < -0.3 is 10.6 Å². The number of benzene rings is 1. The molecular formula is C24H18F5N5O. The van der Waals surface area contributed by atoms with E-state index < -0.39 is 29.3 Å². The van der Waals surface area contributed by atoms with Crippen molar-refractivity contribution in [2.75, 3.05) is 5.73 Å². The number of rotatable bonds is 5. The number of amides is 1. The molecule has 0 aliphatic heterocycles. The SMILES string of the molecule is Cc1cc2cc(C(=O)N(Cc3ccc(C(F)(F)F)cn3)Cc3ncccc3F)c(F)cc2nc1N. The highest BCUT2D eigenvalue weighted by Gasteiger charge is 2.31. The number of hydrogen-bond acceptors (Lipinski definition) is 5. The van der Waals surface area contributed by atoms with Crippen LogP contribution in [0.15, 0.2) is 54.9 Å². The van der Waals surface area contributed by atoms with E-state index in [4.69, 9.17) is 5.73 Å². The first kappa shape index (κ1) is 24.0. The lowest BCUT2D eigenvalue weighted by Gasteiger charge is -2.23. The summed E-state index contributed by atoms with van der Waals surface area (Å²) in [6.45, 7) is 1.02. The zero-order valence-electron chi connectivity index (χ0n) is 18.3. The quantitative estimate of drug-likeness (QED) is 0.398. The fraction of sp³-hybridized carbons (Fsp3) is 0.167. The van der Waals surface area contributed by atoms with Crippen LogP contribution in [0.2, 0.25) is 0 Å². The first-order chi connectivity index (χ1) is 16.5. The van der Waals surface area contributed by atoms with Gasteiger partial charge in [-0.3, -0.25) is 14.8 Å². The van der Waals surface area contributed by atoms with Crippen LogP contribution >= 0.6 is 0 Å². The number of fused-ring (bicyclic) bond motifs is 1. The van der Waals surface area contributed by atoms with E-state index in [-0.39, 0.29) is 41.4 Å². The molecule has 0 aliphatic rings. The van der Waals surface area contributed by atoms with Crippen molar-refractivity contribution in [3.8, 4) is 0 Å². The van der Waals surface area contributed by atoms with E-state index in [0.29, 0.717) is 17.1 Å². The lowest BCUT2D eigenvalue weighted by molar-refractivity contribution is -0.137. The standard InChI is InChI=1S/C24H18F5N5O/c1-13-7-14-8-17(19(26)9-20(14)33-22(13)30)23(35)34(12-21-18(25)3-2-6-31-21)11-16-5-4-15(10-32-16)24(27,28)29/h2-10H,11-12H2,1H3,(H2,30,33). The molecule has 0 saturated carbocycles. The van der Waals surface area contributed by atoms with Crippen molar-refractivity contribution in [3.05, 3.63) is 94.6 Å². The Balaban J connectivity index is 1.72. The number of anilines is 1. The summed E-state index contributed by atoms with van der Waals surface area (Å²) in [4.78, 5) is 26.2. The van der Waals surface area contributed by atoms with Crippen molar-refractivity contribution in [1.29, 1.82) is 0 Å². The fourth-order valence-electron chi connectivity index (χ4n) is 3.45. The molecule has 0 aliphatic carbocycles. The number of aryl methyl sites for hydroxylation is 1. The van der Waals surface area contributed by atoms with Gasteiger partial charge in [0.1, 0.15) is 17.5 Å². The Labute approximate surface area is 196 Å². The van der Waals surface area contributed by atoms with Crippen molar-refractivity contribution in [2.45, 2.75) is 26.2 Å². The monoisotopic (exact) mass is 487 g/mol. The Bertz CT molecular complexity index is 1410. The second-order valence-electron chi connectivity index (χ2n) is 7.84. The Kier molecular flexibility index (Phi) is 6.33. The van der Waals surface area contributed by atoms with Gasteiger partial charge in [0.2, 0.25) is 0 Å². The smallest absolute Gasteiger partial charge is 0.383 e. The van der Waals surface area contributed by atoms with Gasteiger partial charge in [-0.1, -0.05) is 0 Å². The first-order valence-corrected chi connectivity index (χ1v) is 10.3. The third-order valence-electron chi connectivity index (χ3n) is 5.33. The molecule has 3 aromatic heterocycles. The highest BCUT2D eigenvalue weighted by Crippen LogP contribution is 2.29. The van der Waals surface area contributed by atoms with Crippen LogP contribution in [0.4, 0.5) is 27.8 Å². The number of nitrogens with zero attached hydrogens (tertiary/aromatic N) is 4. The molecule has 0 spiro atoms. The van der Waals surface area contributed by atoms with Crippen molar-refractivity contribution in [2.24, 2.45) is 0 Å². The van der Waals surface area contributed by atoms with E-state index >= 15 is 0 Å². The summed E-state index contributed by atoms with van der Waals surface area (Å²) in [5.74, 6) is -2.19. The molecule has 4 aromatic rings. The number of halogens is 5. The molecule has 3 heterocycles. The van der Waals surface area contributed by atoms with E-state index in [9.17, 15) is 26.7 Å². The van der Waals surface area contributed by atoms with E-state index in [1.165, 1.54) is 18.3 Å². The van der Waals surface area contributed by atoms with Crippen LogP contribution in [-0.2, 0) is 19.3 Å². The highest BCUT2D eigenvalue weighted by atomic mass is 19.4. The number of nitrogens with two attached hydrogens (primary N) is 1. The number of alkyl halides is 3. The molecule has 0 saturated heterocycles. The number of nitrogen functional groups attached to an aromatic ring is 1. The topological polar surface area (TPSA) is 85.0 Å². The van der Waals surface area contributed by atoms with Crippen LogP contribution in [0.25, 0.3) is 10.9 Å². The third-order valence-corrected chi connectivity index (χ3v) is 5.33. The van der Waals surface area contributed by atoms with Gasteiger partial charge in [0, 0.05) is 23.8 Å². The van der Waals surface area contributed by atoms with Gasteiger partial charge in [0.05, 0.1) is 41.1 Å². The van der Waals surface area contributed by atoms with Crippen LogP contribution in [0.1, 0.15) is 32.9 Å². The summed E-state index contributed by atoms with van der Waals surface area (Å²) < 4.78 is 67.9. The summed E-state index contributed by atoms with van der Waals surface area (Å²) >= 11 is 0. The van der Waals surface area contributed by atoms with Gasteiger partial charge in [-0.15, -0.1) is 0 Å². The first-order valence-electron chi connectivity index (χ1n) is 10.3. The predicted octanol–water partition coefficient (Wildman–Crippen LogP) is 5.06. The number of pyridine rings is 3. The lowest BCUT2D eigenvalue weighted by atomic mass is 10.1. The van der Waals surface area contributed by atoms with Crippen molar-refractivity contribution >= 4 is 22.6 Å². The largest absolute Gasteiger partial charge is 0.417 e. The molecular weight excluding hydrogens is 469 g/mol. The Morgan fingerprint density at radius 3 is 2.46 bits per heavy atom. The number of carbonyl (C=O) groups is 1. The molecule has 0 unspecified atom stereocenters. The molecule has 0 fully saturated rings. The average Bonchev–Trinajstić information content (AvgIpc) is 2.80. The van der Waals surface area contributed by atoms with Gasteiger partial charge in [-0.25, -0.2) is 13.8 Å². The molecule has 35 heavy (non-hydrogen) atoms. The zero-order chi connectivity index (χ0) is 25.3. The maximum Gasteiger partial charge on any atom is 0.417 e. The Morgan fingerprint density at radius 1 is 1.03 bits per heavy atom. The fourth-order valence-corrected chi connectivity index (χ4v) is 3.45. The third kappa shape index (κ3) is 5.18. The number of carbonyl (C=O) groups excluding carboxylic acids is 1. The van der Waals surface area contributed by atoms with E-state index in [1.54, 1.807) is 13.0 Å². The zero-order valence-corrected chi connectivity index (χ0v) is 18.3. The van der Waals surface area contributed by atoms with Crippen LogP contribution in [0.5, 0.6) is 0 Å². The minimum absolute atomic E-state index is 0.0918. The van der Waals surface area contributed by atoms with Gasteiger partial charge >= 0.3 is 6.18 Å². The van der Waals surface area contributed by atoms with Crippen LogP contribution in [0, 0.1) is 18.6 Å². The van der Waals surface area contributed by atoms with Crippen molar-refractivity contribution in [3.63, 3.8) is 0 Å². The predicted molar refractivity (Wildman–Crippen MR) is 118 cm³/mol. The molecule has 4 rings (SSSR count). The molecule has 1 amide bonds. The molecule has 6 nitrogen and oxygen atoms in total. The van der Waals surface area contributed by atoms with E-state index in [1.807, 2.05) is 0 Å². The van der Waals surface area contributed by atoms with Crippen LogP contribution in [-0.4, -0.2) is 25.8 Å². The van der Waals surface area contributed by atoms with Crippen LogP contribution < -0.4 is 5.73 Å². The molecule has 0 radical (unpaired) electrons. The van der Waals surface area contributed by atoms with E-state index in [2.05, 4.69) is 15.0 Å². The van der Waals surface area contributed by atoms with Gasteiger partial charge in [-0.05, 0) is 48.9 Å². The lowest BCUT2D eigenvalue weighted by Crippen LogP contribution is -2.32. The minimum atomic E-state index is -4.58. The summed E-state index contributed by atoms with van der Waals surface area (Å²) in [5, 5.41) is 0.457. The summed E-state index contributed by atoms with van der Waals surface area (Å²) in [5.41, 5.74) is 5.36. The maximum absolute atomic E-state index is 14.9. The molecule has 0 atom stereocenters. The van der Waals surface area contributed by atoms with Gasteiger partial charge in [0.25, 0.3) is 5.91 Å². The highest BCUT2D eigenvalue weighted by molar-refractivity contribution is 5.98. The molecule has 1 aromatic carbocycles. The normalized spacial score (nSPS) is 11.6. The van der Waals surface area contributed by atoms with Gasteiger partial charge in [0.15, 0.2) is 0 Å². The van der Waals surface area contributed by atoms with Gasteiger partial charge in [-0.2, -0.15) is 13.2 Å². The van der Waals surface area contributed by atoms with E-state index in [0.717, 1.165) is 29.2 Å². The maximum atomic E-state index is 14.9. The second-order valence-corrected chi connectivity index (χ2v) is 7.84. The average molecular weight is 487 g/mol. The van der Waals surface area contributed by atoms with Crippen LogP contribution in [0.3, 0.4) is 0 Å². The van der Waals surface area contributed by atoms with Crippen molar-refractivity contribution < 1.29 is 26.7 Å². The second kappa shape index (κ2) is 9.24. The summed E-state index contributed by atoms with van der Waals surface area (Å²) in [6, 6.07) is 8.45. The Hall–Kier alpha value is -4.15.